The molecule has 0 unspecified atom stereocenters. The van der Waals surface area contributed by atoms with Crippen LogP contribution in [0.5, 0.6) is 0 Å². The minimum atomic E-state index is -0.655. The number of anilines is 2. The second-order valence-corrected chi connectivity index (χ2v) is 5.51. The van der Waals surface area contributed by atoms with E-state index in [0.29, 0.717) is 5.82 Å². The van der Waals surface area contributed by atoms with E-state index in [0.717, 1.165) is 11.4 Å². The van der Waals surface area contributed by atoms with E-state index in [1.807, 2.05) is 19.9 Å². The van der Waals surface area contributed by atoms with E-state index in [1.54, 1.807) is 18.5 Å². The summed E-state index contributed by atoms with van der Waals surface area (Å²) in [6, 6.07) is 3.57. The summed E-state index contributed by atoms with van der Waals surface area (Å²) in [6.07, 6.45) is 7.75. The van der Waals surface area contributed by atoms with Crippen molar-refractivity contribution < 1.29 is 4.39 Å². The average molecular weight is 351 g/mol. The highest BCUT2D eigenvalue weighted by atomic mass is 19.1. The minimum absolute atomic E-state index is 0.0162. The van der Waals surface area contributed by atoms with Crippen LogP contribution in [0.3, 0.4) is 0 Å². The Morgan fingerprint density at radius 2 is 2.00 bits per heavy atom. The van der Waals surface area contributed by atoms with Gasteiger partial charge in [-0.2, -0.15) is 24.6 Å². The van der Waals surface area contributed by atoms with Gasteiger partial charge in [0.1, 0.15) is 5.82 Å². The van der Waals surface area contributed by atoms with Gasteiger partial charge in [0.15, 0.2) is 11.6 Å². The average Bonchev–Trinajstić information content (AvgIpc) is 3.27. The maximum atomic E-state index is 15.1. The fourth-order valence-electron chi connectivity index (χ4n) is 2.46. The zero-order chi connectivity index (χ0) is 18.1. The van der Waals surface area contributed by atoms with Crippen molar-refractivity contribution in [1.82, 2.24) is 39.5 Å². The van der Waals surface area contributed by atoms with Crippen LogP contribution in [-0.2, 0) is 0 Å². The molecular formula is C16H14FN9. The quantitative estimate of drug-likeness (QED) is 0.601. The fourth-order valence-corrected chi connectivity index (χ4v) is 2.46. The Bertz CT molecular complexity index is 1040. The van der Waals surface area contributed by atoms with Crippen LogP contribution in [-0.4, -0.2) is 39.5 Å². The molecule has 0 aliphatic carbocycles. The van der Waals surface area contributed by atoms with E-state index in [9.17, 15) is 0 Å². The molecule has 0 aliphatic heterocycles. The van der Waals surface area contributed by atoms with Crippen LogP contribution in [0.2, 0.25) is 0 Å². The van der Waals surface area contributed by atoms with E-state index in [1.165, 1.54) is 28.0 Å². The number of aromatic nitrogens is 8. The van der Waals surface area contributed by atoms with Crippen LogP contribution < -0.4 is 5.32 Å². The highest BCUT2D eigenvalue weighted by Crippen LogP contribution is 2.23. The summed E-state index contributed by atoms with van der Waals surface area (Å²) in [7, 11) is 0. The first-order valence-electron chi connectivity index (χ1n) is 7.76. The van der Waals surface area contributed by atoms with Crippen LogP contribution in [0.15, 0.2) is 43.1 Å². The van der Waals surface area contributed by atoms with Crippen molar-refractivity contribution in [1.29, 1.82) is 0 Å². The topological polar surface area (TPSA) is 99.2 Å². The van der Waals surface area contributed by atoms with Crippen molar-refractivity contribution in [3.8, 4) is 11.8 Å². The first kappa shape index (κ1) is 15.8. The van der Waals surface area contributed by atoms with Crippen molar-refractivity contribution in [2.45, 2.75) is 13.8 Å². The molecule has 0 saturated heterocycles. The lowest BCUT2D eigenvalue weighted by molar-refractivity contribution is 0.589. The van der Waals surface area contributed by atoms with Crippen molar-refractivity contribution in [2.24, 2.45) is 0 Å². The van der Waals surface area contributed by atoms with Crippen molar-refractivity contribution in [3.05, 3.63) is 60.3 Å². The summed E-state index contributed by atoms with van der Waals surface area (Å²) in [5, 5.41) is 11.3. The van der Waals surface area contributed by atoms with Crippen LogP contribution >= 0.6 is 0 Å². The molecule has 0 radical (unpaired) electrons. The van der Waals surface area contributed by atoms with Crippen LogP contribution in [0.25, 0.3) is 11.8 Å². The lowest BCUT2D eigenvalue weighted by Gasteiger charge is -2.12. The fraction of sp³-hybridized carbons (Fsp3) is 0.125. The summed E-state index contributed by atoms with van der Waals surface area (Å²) in [6.45, 7) is 3.65. The number of hydrogen-bond acceptors (Lipinski definition) is 7. The van der Waals surface area contributed by atoms with Gasteiger partial charge in [-0.15, -0.1) is 0 Å². The van der Waals surface area contributed by atoms with Crippen molar-refractivity contribution in [3.63, 3.8) is 0 Å². The molecule has 4 rings (SSSR count). The Labute approximate surface area is 147 Å². The number of nitrogens with zero attached hydrogens (tertiary/aromatic N) is 8. The van der Waals surface area contributed by atoms with Crippen LogP contribution in [0, 0.1) is 19.7 Å². The molecule has 4 heterocycles. The maximum Gasteiger partial charge on any atom is 0.254 e. The van der Waals surface area contributed by atoms with Gasteiger partial charge in [-0.3, -0.25) is 4.98 Å². The van der Waals surface area contributed by atoms with Gasteiger partial charge in [0.05, 0.1) is 11.9 Å². The first-order valence-corrected chi connectivity index (χ1v) is 7.76. The lowest BCUT2D eigenvalue weighted by Crippen LogP contribution is -2.14. The predicted molar refractivity (Wildman–Crippen MR) is 91.0 cm³/mol. The molecule has 10 heteroatoms. The predicted octanol–water partition coefficient (Wildman–Crippen LogP) is 2.14. The standard InChI is InChI=1S/C16H14FN9/c1-10-8-11(2)26(24-10)15-13(17)14(21-12-9-18-5-6-19-12)22-16(23-15)25-7-3-4-20-25/h3-9H,1-2H3,(H,19,21,22,23). The molecule has 9 nitrogen and oxygen atoms in total. The Morgan fingerprint density at radius 3 is 2.65 bits per heavy atom. The highest BCUT2D eigenvalue weighted by Gasteiger charge is 2.20. The molecule has 0 aromatic carbocycles. The first-order chi connectivity index (χ1) is 12.6. The summed E-state index contributed by atoms with van der Waals surface area (Å²) in [4.78, 5) is 16.6. The Morgan fingerprint density at radius 1 is 1.12 bits per heavy atom. The van der Waals surface area contributed by atoms with Gasteiger partial charge in [0.2, 0.25) is 5.82 Å². The van der Waals surface area contributed by atoms with Gasteiger partial charge in [0.25, 0.3) is 5.95 Å². The SMILES string of the molecule is Cc1cc(C)n(-c2nc(-n3cccn3)nc(Nc3cnccn3)c2F)n1. The summed E-state index contributed by atoms with van der Waals surface area (Å²) in [5.74, 6) is -0.130. The van der Waals surface area contributed by atoms with Crippen molar-refractivity contribution in [2.75, 3.05) is 5.32 Å². The smallest absolute Gasteiger partial charge is 0.254 e. The molecule has 0 aliphatic rings. The van der Waals surface area contributed by atoms with Gasteiger partial charge < -0.3 is 5.32 Å². The molecule has 1 N–H and O–H groups in total. The zero-order valence-electron chi connectivity index (χ0n) is 14.0. The third-order valence-electron chi connectivity index (χ3n) is 3.55. The van der Waals surface area contributed by atoms with E-state index in [-0.39, 0.29) is 17.6 Å². The maximum absolute atomic E-state index is 15.1. The summed E-state index contributed by atoms with van der Waals surface area (Å²) < 4.78 is 18.0. The zero-order valence-corrected chi connectivity index (χ0v) is 14.0. The number of aryl methyl sites for hydroxylation is 2. The van der Waals surface area contributed by atoms with Gasteiger partial charge in [-0.25, -0.2) is 14.3 Å². The molecule has 4 aromatic rings. The Balaban J connectivity index is 1.89. The normalized spacial score (nSPS) is 10.9. The lowest BCUT2D eigenvalue weighted by atomic mass is 10.4. The van der Waals surface area contributed by atoms with Gasteiger partial charge in [0, 0.05) is 30.5 Å². The van der Waals surface area contributed by atoms with Crippen LogP contribution in [0.4, 0.5) is 16.0 Å². The molecule has 0 spiro atoms. The van der Waals surface area contributed by atoms with Gasteiger partial charge in [-0.05, 0) is 26.0 Å². The molecule has 0 fully saturated rings. The monoisotopic (exact) mass is 351 g/mol. The number of nitrogens with one attached hydrogen (secondary N) is 1. The second kappa shape index (κ2) is 6.31. The van der Waals surface area contributed by atoms with E-state index >= 15 is 4.39 Å². The largest absolute Gasteiger partial charge is 0.321 e. The number of rotatable bonds is 4. The molecule has 0 amide bonds. The number of hydrogen-bond donors (Lipinski definition) is 1. The third-order valence-corrected chi connectivity index (χ3v) is 3.55. The van der Waals surface area contributed by atoms with Crippen LogP contribution in [0.1, 0.15) is 11.4 Å². The molecule has 0 atom stereocenters. The third kappa shape index (κ3) is 2.88. The molecule has 130 valence electrons. The Hall–Kier alpha value is -3.69. The molecule has 0 saturated carbocycles. The second-order valence-electron chi connectivity index (χ2n) is 5.51. The Kier molecular flexibility index (Phi) is 3.84. The van der Waals surface area contributed by atoms with E-state index < -0.39 is 5.82 Å². The number of halogens is 1. The molecule has 4 aromatic heterocycles. The van der Waals surface area contributed by atoms with E-state index in [2.05, 4.69) is 35.5 Å². The molecule has 26 heavy (non-hydrogen) atoms. The van der Waals surface area contributed by atoms with Gasteiger partial charge >= 0.3 is 0 Å². The summed E-state index contributed by atoms with van der Waals surface area (Å²) >= 11 is 0. The molecular weight excluding hydrogens is 337 g/mol. The molecule has 0 bridgehead atoms. The van der Waals surface area contributed by atoms with E-state index in [4.69, 9.17) is 0 Å². The minimum Gasteiger partial charge on any atom is -0.321 e. The van der Waals surface area contributed by atoms with Crippen molar-refractivity contribution >= 4 is 11.6 Å². The highest BCUT2D eigenvalue weighted by molar-refractivity contribution is 5.55. The van der Waals surface area contributed by atoms with Gasteiger partial charge in [-0.1, -0.05) is 0 Å². The summed E-state index contributed by atoms with van der Waals surface area (Å²) in [5.41, 5.74) is 1.50.